The van der Waals surface area contributed by atoms with Crippen LogP contribution in [-0.2, 0) is 9.59 Å². The molecule has 6 nitrogen and oxygen atoms in total. The highest BCUT2D eigenvalue weighted by molar-refractivity contribution is 6.42. The third-order valence-corrected chi connectivity index (χ3v) is 4.85. The Balaban J connectivity index is 1.57. The van der Waals surface area contributed by atoms with E-state index in [0.29, 0.717) is 29.2 Å². The quantitative estimate of drug-likeness (QED) is 0.798. The van der Waals surface area contributed by atoms with Crippen LogP contribution in [0.3, 0.4) is 0 Å². The van der Waals surface area contributed by atoms with Gasteiger partial charge in [-0.3, -0.25) is 14.4 Å². The molecule has 1 aliphatic rings. The first-order valence-corrected chi connectivity index (χ1v) is 9.13. The summed E-state index contributed by atoms with van der Waals surface area (Å²) in [6, 6.07) is 11.5. The van der Waals surface area contributed by atoms with Gasteiger partial charge in [0.25, 0.3) is 5.91 Å². The predicted octanol–water partition coefficient (Wildman–Crippen LogP) is 3.49. The molecule has 0 spiro atoms. The van der Waals surface area contributed by atoms with E-state index in [1.807, 2.05) is 6.07 Å². The first-order chi connectivity index (χ1) is 12.9. The molecule has 1 aliphatic heterocycles. The Kier molecular flexibility index (Phi) is 5.98. The Morgan fingerprint density at radius 1 is 1.07 bits per heavy atom. The van der Waals surface area contributed by atoms with Gasteiger partial charge >= 0.3 is 0 Å². The molecule has 1 saturated heterocycles. The minimum absolute atomic E-state index is 0.0763. The van der Waals surface area contributed by atoms with E-state index in [2.05, 4.69) is 10.6 Å². The highest BCUT2D eigenvalue weighted by Crippen LogP contribution is 2.24. The molecule has 0 saturated carbocycles. The fourth-order valence-electron chi connectivity index (χ4n) is 2.78. The van der Waals surface area contributed by atoms with Crippen LogP contribution in [0.15, 0.2) is 42.5 Å². The Bertz CT molecular complexity index is 902. The summed E-state index contributed by atoms with van der Waals surface area (Å²) < 4.78 is 0. The van der Waals surface area contributed by atoms with Crippen LogP contribution in [0.5, 0.6) is 0 Å². The SMILES string of the molecule is O=C(CNC(=O)c1ccc(Cl)c(Cl)c1)Nc1cccc(N2CCCC2=O)c1. The number of hydrogen-bond donors (Lipinski definition) is 2. The van der Waals surface area contributed by atoms with Crippen LogP contribution in [-0.4, -0.2) is 30.8 Å². The highest BCUT2D eigenvalue weighted by atomic mass is 35.5. The summed E-state index contributed by atoms with van der Waals surface area (Å²) >= 11 is 11.7. The van der Waals surface area contributed by atoms with Crippen LogP contribution in [0.2, 0.25) is 10.0 Å². The minimum atomic E-state index is -0.430. The van der Waals surface area contributed by atoms with Crippen LogP contribution >= 0.6 is 23.2 Å². The van der Waals surface area contributed by atoms with E-state index in [1.54, 1.807) is 23.1 Å². The van der Waals surface area contributed by atoms with E-state index < -0.39 is 5.91 Å². The molecular weight excluding hydrogens is 389 g/mol. The molecule has 2 aromatic rings. The maximum Gasteiger partial charge on any atom is 0.251 e. The van der Waals surface area contributed by atoms with Crippen molar-refractivity contribution in [1.29, 1.82) is 0 Å². The molecular formula is C19H17Cl2N3O3. The monoisotopic (exact) mass is 405 g/mol. The molecule has 2 N–H and O–H groups in total. The third kappa shape index (κ3) is 4.78. The molecule has 3 rings (SSSR count). The second-order valence-electron chi connectivity index (χ2n) is 6.06. The van der Waals surface area contributed by atoms with Gasteiger partial charge in [-0.2, -0.15) is 0 Å². The molecule has 0 radical (unpaired) electrons. The van der Waals surface area contributed by atoms with E-state index >= 15 is 0 Å². The second-order valence-corrected chi connectivity index (χ2v) is 6.87. The van der Waals surface area contributed by atoms with Crippen molar-refractivity contribution < 1.29 is 14.4 Å². The molecule has 0 aliphatic carbocycles. The average molecular weight is 406 g/mol. The van der Waals surface area contributed by atoms with Gasteiger partial charge in [-0.25, -0.2) is 0 Å². The zero-order chi connectivity index (χ0) is 19.4. The van der Waals surface area contributed by atoms with Crippen molar-refractivity contribution >= 4 is 52.3 Å². The summed E-state index contributed by atoms with van der Waals surface area (Å²) in [6.07, 6.45) is 1.37. The van der Waals surface area contributed by atoms with Gasteiger partial charge in [0.15, 0.2) is 0 Å². The number of amides is 3. The number of anilines is 2. The lowest BCUT2D eigenvalue weighted by Gasteiger charge is -2.16. The fraction of sp³-hybridized carbons (Fsp3) is 0.211. The lowest BCUT2D eigenvalue weighted by Crippen LogP contribution is -2.33. The van der Waals surface area contributed by atoms with E-state index in [4.69, 9.17) is 23.2 Å². The molecule has 1 fully saturated rings. The number of carbonyl (C=O) groups excluding carboxylic acids is 3. The molecule has 0 unspecified atom stereocenters. The maximum atomic E-state index is 12.1. The van der Waals surface area contributed by atoms with Gasteiger partial charge in [0.05, 0.1) is 16.6 Å². The number of benzene rings is 2. The molecule has 3 amide bonds. The Labute approximate surface area is 166 Å². The Morgan fingerprint density at radius 2 is 1.89 bits per heavy atom. The summed E-state index contributed by atoms with van der Waals surface area (Å²) in [7, 11) is 0. The van der Waals surface area contributed by atoms with E-state index in [0.717, 1.165) is 12.1 Å². The summed E-state index contributed by atoms with van der Waals surface area (Å²) in [5.41, 5.74) is 1.61. The van der Waals surface area contributed by atoms with Gasteiger partial charge < -0.3 is 15.5 Å². The van der Waals surface area contributed by atoms with E-state index in [9.17, 15) is 14.4 Å². The molecule has 0 aromatic heterocycles. The van der Waals surface area contributed by atoms with Crippen molar-refractivity contribution in [2.24, 2.45) is 0 Å². The van der Waals surface area contributed by atoms with Crippen LogP contribution in [0, 0.1) is 0 Å². The Morgan fingerprint density at radius 3 is 2.59 bits per heavy atom. The molecule has 0 bridgehead atoms. The van der Waals surface area contributed by atoms with Crippen molar-refractivity contribution in [3.05, 3.63) is 58.1 Å². The normalized spacial score (nSPS) is 13.6. The predicted molar refractivity (Wildman–Crippen MR) is 105 cm³/mol. The second kappa shape index (κ2) is 8.41. The number of nitrogens with one attached hydrogen (secondary N) is 2. The third-order valence-electron chi connectivity index (χ3n) is 4.11. The van der Waals surface area contributed by atoms with Crippen molar-refractivity contribution in [2.75, 3.05) is 23.3 Å². The van der Waals surface area contributed by atoms with Crippen molar-refractivity contribution in [2.45, 2.75) is 12.8 Å². The van der Waals surface area contributed by atoms with E-state index in [-0.39, 0.29) is 23.4 Å². The van der Waals surface area contributed by atoms with Gasteiger partial charge in [0.2, 0.25) is 11.8 Å². The first kappa shape index (κ1) is 19.2. The van der Waals surface area contributed by atoms with Crippen LogP contribution in [0.4, 0.5) is 11.4 Å². The van der Waals surface area contributed by atoms with Crippen LogP contribution in [0.1, 0.15) is 23.2 Å². The smallest absolute Gasteiger partial charge is 0.251 e. The van der Waals surface area contributed by atoms with Crippen molar-refractivity contribution in [1.82, 2.24) is 5.32 Å². The van der Waals surface area contributed by atoms with Crippen molar-refractivity contribution in [3.63, 3.8) is 0 Å². The van der Waals surface area contributed by atoms with Crippen LogP contribution in [0.25, 0.3) is 0 Å². The van der Waals surface area contributed by atoms with Gasteiger partial charge in [0.1, 0.15) is 0 Å². The lowest BCUT2D eigenvalue weighted by atomic mass is 10.2. The lowest BCUT2D eigenvalue weighted by molar-refractivity contribution is -0.117. The van der Waals surface area contributed by atoms with Gasteiger partial charge in [-0.15, -0.1) is 0 Å². The molecule has 27 heavy (non-hydrogen) atoms. The molecule has 8 heteroatoms. The average Bonchev–Trinajstić information content (AvgIpc) is 3.08. The number of nitrogens with zero attached hydrogens (tertiary/aromatic N) is 1. The van der Waals surface area contributed by atoms with Gasteiger partial charge in [-0.1, -0.05) is 29.3 Å². The van der Waals surface area contributed by atoms with Crippen molar-refractivity contribution in [3.8, 4) is 0 Å². The maximum absolute atomic E-state index is 12.1. The number of hydrogen-bond acceptors (Lipinski definition) is 3. The number of halogens is 2. The summed E-state index contributed by atoms with van der Waals surface area (Å²) in [4.78, 5) is 37.7. The Hall–Kier alpha value is -2.57. The molecule has 0 atom stereocenters. The molecule has 140 valence electrons. The topological polar surface area (TPSA) is 78.5 Å². The number of rotatable bonds is 5. The first-order valence-electron chi connectivity index (χ1n) is 8.37. The number of carbonyl (C=O) groups is 3. The highest BCUT2D eigenvalue weighted by Gasteiger charge is 2.21. The largest absolute Gasteiger partial charge is 0.343 e. The summed E-state index contributed by atoms with van der Waals surface area (Å²) in [6.45, 7) is 0.474. The summed E-state index contributed by atoms with van der Waals surface area (Å²) in [5, 5.41) is 5.85. The van der Waals surface area contributed by atoms with Crippen LogP contribution < -0.4 is 15.5 Å². The van der Waals surface area contributed by atoms with E-state index in [1.165, 1.54) is 18.2 Å². The van der Waals surface area contributed by atoms with Gasteiger partial charge in [0, 0.05) is 29.9 Å². The van der Waals surface area contributed by atoms with Gasteiger partial charge in [-0.05, 0) is 42.8 Å². The molecule has 1 heterocycles. The standard InChI is InChI=1S/C19H17Cl2N3O3/c20-15-7-6-12(9-16(15)21)19(27)22-11-17(25)23-13-3-1-4-14(10-13)24-8-2-5-18(24)26/h1,3-4,6-7,9-10H,2,5,8,11H2,(H,22,27)(H,23,25). The fourth-order valence-corrected chi connectivity index (χ4v) is 3.08. The minimum Gasteiger partial charge on any atom is -0.343 e. The zero-order valence-electron chi connectivity index (χ0n) is 14.3. The zero-order valence-corrected chi connectivity index (χ0v) is 15.8. The molecule has 2 aromatic carbocycles. The summed E-state index contributed by atoms with van der Waals surface area (Å²) in [5.74, 6) is -0.735.